The molecule has 0 fully saturated rings. The van der Waals surface area contributed by atoms with Gasteiger partial charge in [-0.15, -0.1) is 0 Å². The van der Waals surface area contributed by atoms with E-state index >= 15 is 0 Å². The summed E-state index contributed by atoms with van der Waals surface area (Å²) in [4.78, 5) is 0. The Bertz CT molecular complexity index is 1350. The molecule has 3 heteroatoms. The van der Waals surface area contributed by atoms with Gasteiger partial charge in [0, 0.05) is 6.61 Å². The van der Waals surface area contributed by atoms with Crippen molar-refractivity contribution in [2.45, 2.75) is 34.6 Å². The summed E-state index contributed by atoms with van der Waals surface area (Å²) in [7, 11) is -0.0860. The number of rotatable bonds is 6. The Morgan fingerprint density at radius 2 is 1.08 bits per heavy atom. The number of benzene rings is 4. The Balaban J connectivity index is 0.000000540. The van der Waals surface area contributed by atoms with E-state index in [1.165, 1.54) is 33.4 Å². The van der Waals surface area contributed by atoms with Crippen molar-refractivity contribution in [3.8, 4) is 22.3 Å². The molecular formula is C35H36OSiZr. The van der Waals surface area contributed by atoms with E-state index < -0.39 is 23.2 Å². The molecule has 0 aliphatic heterocycles. The molecule has 2 unspecified atom stereocenters. The van der Waals surface area contributed by atoms with Gasteiger partial charge in [0.15, 0.2) is 9.76 Å². The van der Waals surface area contributed by atoms with Gasteiger partial charge < -0.3 is 4.43 Å². The molecule has 0 aromatic heterocycles. The first-order valence-electron chi connectivity index (χ1n) is 13.7. The van der Waals surface area contributed by atoms with E-state index in [2.05, 4.69) is 130 Å². The molecule has 190 valence electrons. The SMILES string of the molecule is CC1=Cc2c(-c3ccccc3)cccc2[CH]1[Zr][CH]1C(C)=Cc2c(-c3ccccc3)cccc21.CCO[SiH2]C. The molecule has 0 amide bonds. The summed E-state index contributed by atoms with van der Waals surface area (Å²) >= 11 is -0.835. The maximum atomic E-state index is 4.97. The van der Waals surface area contributed by atoms with Gasteiger partial charge in [-0.25, -0.2) is 0 Å². The third-order valence-electron chi connectivity index (χ3n) is 7.47. The molecule has 6 rings (SSSR count). The van der Waals surface area contributed by atoms with Crippen molar-refractivity contribution in [3.63, 3.8) is 0 Å². The van der Waals surface area contributed by atoms with Crippen LogP contribution in [0.3, 0.4) is 0 Å². The summed E-state index contributed by atoms with van der Waals surface area (Å²) in [5, 5.41) is 0. The minimum Gasteiger partial charge on any atom is -0.425 e. The second-order valence-corrected chi connectivity index (χ2v) is 14.6. The van der Waals surface area contributed by atoms with Crippen molar-refractivity contribution in [2.24, 2.45) is 0 Å². The number of hydrogen-bond donors (Lipinski definition) is 0. The Hall–Kier alpha value is -2.58. The van der Waals surface area contributed by atoms with Gasteiger partial charge in [-0.3, -0.25) is 0 Å². The van der Waals surface area contributed by atoms with Gasteiger partial charge in [0.1, 0.15) is 0 Å². The van der Waals surface area contributed by atoms with Gasteiger partial charge in [0.25, 0.3) is 0 Å². The third-order valence-corrected chi connectivity index (χ3v) is 13.7. The van der Waals surface area contributed by atoms with Gasteiger partial charge in [-0.1, -0.05) is 6.55 Å². The Kier molecular flexibility index (Phi) is 8.89. The fourth-order valence-electron chi connectivity index (χ4n) is 5.66. The van der Waals surface area contributed by atoms with Crippen molar-refractivity contribution >= 4 is 21.9 Å². The molecule has 1 nitrogen and oxygen atoms in total. The van der Waals surface area contributed by atoms with Crippen LogP contribution < -0.4 is 0 Å². The summed E-state index contributed by atoms with van der Waals surface area (Å²) in [5.41, 5.74) is 14.5. The largest absolute Gasteiger partial charge is 0.425 e. The normalized spacial score (nSPS) is 17.4. The van der Waals surface area contributed by atoms with Crippen LogP contribution in [0.15, 0.2) is 108 Å². The van der Waals surface area contributed by atoms with Crippen molar-refractivity contribution in [3.05, 3.63) is 130 Å². The van der Waals surface area contributed by atoms with Gasteiger partial charge >= 0.3 is 209 Å². The van der Waals surface area contributed by atoms with E-state index in [0.29, 0.717) is 7.25 Å². The number of fused-ring (bicyclic) bond motifs is 2. The Morgan fingerprint density at radius 1 is 0.632 bits per heavy atom. The van der Waals surface area contributed by atoms with Gasteiger partial charge in [-0.2, -0.15) is 0 Å². The van der Waals surface area contributed by atoms with E-state index in [0.717, 1.165) is 6.61 Å². The van der Waals surface area contributed by atoms with E-state index in [4.69, 9.17) is 4.43 Å². The number of hydrogen-bond acceptors (Lipinski definition) is 1. The standard InChI is InChI=1S/2C16H13.C3H10OSi.Zr/c2*1-12-10-14-8-5-9-15(16(14)11-12)13-6-3-2-4-7-13;1-3-4-5-2;/h2*2-11H,1H3;3,5H2,1-2H3;. The first kappa shape index (κ1) is 27.0. The van der Waals surface area contributed by atoms with E-state index in [-0.39, 0.29) is 9.76 Å². The molecule has 38 heavy (non-hydrogen) atoms. The molecule has 2 atom stereocenters. The molecule has 0 N–H and O–H groups in total. The van der Waals surface area contributed by atoms with E-state index in [1.54, 1.807) is 22.3 Å². The quantitative estimate of drug-likeness (QED) is 0.204. The fraction of sp³-hybridized carbons (Fsp3) is 0.200. The molecule has 2 aliphatic rings. The van der Waals surface area contributed by atoms with Crippen LogP contribution in [0.5, 0.6) is 0 Å². The average molecular weight is 592 g/mol. The summed E-state index contributed by atoms with van der Waals surface area (Å²) in [6, 6.07) is 35.6. The first-order chi connectivity index (χ1) is 18.6. The summed E-state index contributed by atoms with van der Waals surface area (Å²) in [5.74, 6) is 0. The topological polar surface area (TPSA) is 9.23 Å². The maximum absolute atomic E-state index is 4.97. The maximum Gasteiger partial charge on any atom is 0.158 e. The van der Waals surface area contributed by atoms with Crippen LogP contribution in [-0.2, 0) is 27.7 Å². The smallest absolute Gasteiger partial charge is 0.158 e. The monoisotopic (exact) mass is 590 g/mol. The van der Waals surface area contributed by atoms with Crippen LogP contribution in [0.25, 0.3) is 34.4 Å². The van der Waals surface area contributed by atoms with Gasteiger partial charge in [0.2, 0.25) is 0 Å². The van der Waals surface area contributed by atoms with E-state index in [1.807, 2.05) is 6.92 Å². The van der Waals surface area contributed by atoms with Crippen molar-refractivity contribution in [1.29, 1.82) is 0 Å². The van der Waals surface area contributed by atoms with Crippen LogP contribution in [-0.4, -0.2) is 16.4 Å². The third kappa shape index (κ3) is 5.57. The van der Waals surface area contributed by atoms with Gasteiger partial charge in [-0.05, 0) is 6.92 Å². The summed E-state index contributed by atoms with van der Waals surface area (Å²) < 4.78 is 6.24. The zero-order valence-electron chi connectivity index (χ0n) is 22.9. The van der Waals surface area contributed by atoms with Crippen LogP contribution >= 0.6 is 0 Å². The minimum absolute atomic E-state index is 0.0860. The number of allylic oxidation sites excluding steroid dienone is 2. The van der Waals surface area contributed by atoms with Crippen molar-refractivity contribution in [1.82, 2.24) is 0 Å². The Labute approximate surface area is 242 Å². The molecule has 0 heterocycles. The molecule has 0 saturated carbocycles. The predicted molar refractivity (Wildman–Crippen MR) is 163 cm³/mol. The molecule has 0 saturated heterocycles. The Morgan fingerprint density at radius 3 is 1.45 bits per heavy atom. The van der Waals surface area contributed by atoms with Crippen LogP contribution in [0.2, 0.25) is 6.55 Å². The second-order valence-electron chi connectivity index (χ2n) is 9.94. The van der Waals surface area contributed by atoms with Crippen molar-refractivity contribution in [2.75, 3.05) is 6.61 Å². The van der Waals surface area contributed by atoms with Gasteiger partial charge in [0.05, 0.1) is 0 Å². The van der Waals surface area contributed by atoms with Crippen LogP contribution in [0.1, 0.15) is 50.3 Å². The second kappa shape index (κ2) is 12.5. The van der Waals surface area contributed by atoms with Crippen LogP contribution in [0, 0.1) is 0 Å². The van der Waals surface area contributed by atoms with E-state index in [9.17, 15) is 0 Å². The molecule has 0 bridgehead atoms. The summed E-state index contributed by atoms with van der Waals surface area (Å²) in [6.07, 6.45) is 4.94. The molecular weight excluding hydrogens is 556 g/mol. The molecule has 4 aromatic carbocycles. The fourth-order valence-corrected chi connectivity index (χ4v) is 10.7. The molecule has 4 aromatic rings. The predicted octanol–water partition coefficient (Wildman–Crippen LogP) is 8.87. The minimum atomic E-state index is -0.835. The van der Waals surface area contributed by atoms with Crippen LogP contribution in [0.4, 0.5) is 0 Å². The van der Waals surface area contributed by atoms with Crippen molar-refractivity contribution < 1.29 is 27.7 Å². The average Bonchev–Trinajstić information content (AvgIpc) is 3.45. The molecule has 0 radical (unpaired) electrons. The molecule has 0 spiro atoms. The summed E-state index contributed by atoms with van der Waals surface area (Å²) in [6.45, 7) is 9.77. The first-order valence-corrected chi connectivity index (χ1v) is 18.5. The zero-order chi connectivity index (χ0) is 26.5. The molecule has 2 aliphatic carbocycles. The zero-order valence-corrected chi connectivity index (χ0v) is 26.7.